The van der Waals surface area contributed by atoms with Gasteiger partial charge in [-0.2, -0.15) is 0 Å². The Bertz CT molecular complexity index is 900. The maximum absolute atomic E-state index is 6.23. The van der Waals surface area contributed by atoms with E-state index >= 15 is 0 Å². The van der Waals surface area contributed by atoms with Gasteiger partial charge in [0.1, 0.15) is 0 Å². The first-order valence-electron chi connectivity index (χ1n) is 10.9. The molecule has 0 spiro atoms. The van der Waals surface area contributed by atoms with Crippen LogP contribution in [0.15, 0.2) is 77.7 Å². The fraction of sp³-hybridized carbons (Fsp3) is 0.333. The van der Waals surface area contributed by atoms with Crippen LogP contribution >= 0.6 is 12.6 Å². The van der Waals surface area contributed by atoms with Crippen molar-refractivity contribution in [2.45, 2.75) is 55.6 Å². The molecule has 2 nitrogen and oxygen atoms in total. The molecule has 2 atom stereocenters. The van der Waals surface area contributed by atoms with Crippen molar-refractivity contribution in [3.8, 4) is 0 Å². The van der Waals surface area contributed by atoms with Crippen LogP contribution in [-0.2, 0) is 17.6 Å². The quantitative estimate of drug-likeness (QED) is 0.498. The Balaban J connectivity index is 0.000000230. The van der Waals surface area contributed by atoms with Crippen LogP contribution in [0.2, 0.25) is 0 Å². The molecular weight excluding hydrogens is 386 g/mol. The molecule has 1 aliphatic carbocycles. The molecule has 0 saturated carbocycles. The first-order chi connectivity index (χ1) is 14.6. The maximum Gasteiger partial charge on any atom is 0.0699 e. The maximum atomic E-state index is 6.23. The van der Waals surface area contributed by atoms with Gasteiger partial charge in [-0.25, -0.2) is 0 Å². The Morgan fingerprint density at radius 2 is 1.40 bits per heavy atom. The molecule has 2 unspecified atom stereocenters. The van der Waals surface area contributed by atoms with Crippen molar-refractivity contribution in [2.24, 2.45) is 5.73 Å². The number of nitrogens with two attached hydrogens (primary N) is 1. The third-order valence-electron chi connectivity index (χ3n) is 6.21. The van der Waals surface area contributed by atoms with Crippen LogP contribution in [0.25, 0.3) is 0 Å². The summed E-state index contributed by atoms with van der Waals surface area (Å²) in [7, 11) is 0. The first kappa shape index (κ1) is 21.2. The van der Waals surface area contributed by atoms with Crippen LogP contribution in [0.5, 0.6) is 0 Å². The van der Waals surface area contributed by atoms with Gasteiger partial charge in [0.15, 0.2) is 0 Å². The van der Waals surface area contributed by atoms with Crippen molar-refractivity contribution in [3.05, 3.63) is 101 Å². The lowest BCUT2D eigenvalue weighted by atomic mass is 9.81. The van der Waals surface area contributed by atoms with Crippen LogP contribution in [0, 0.1) is 6.92 Å². The summed E-state index contributed by atoms with van der Waals surface area (Å²) < 4.78 is 6.18. The van der Waals surface area contributed by atoms with Crippen molar-refractivity contribution in [3.63, 3.8) is 0 Å². The Hall–Kier alpha value is -2.07. The van der Waals surface area contributed by atoms with Gasteiger partial charge in [-0.1, -0.05) is 66.2 Å². The van der Waals surface area contributed by atoms with Crippen molar-refractivity contribution >= 4 is 12.6 Å². The number of aryl methyl sites for hydroxylation is 3. The van der Waals surface area contributed by atoms with E-state index in [4.69, 9.17) is 10.5 Å². The lowest BCUT2D eigenvalue weighted by Crippen LogP contribution is -2.38. The molecule has 3 aromatic rings. The Kier molecular flexibility index (Phi) is 6.93. The van der Waals surface area contributed by atoms with Crippen LogP contribution in [0.1, 0.15) is 46.6 Å². The number of rotatable bonds is 1. The summed E-state index contributed by atoms with van der Waals surface area (Å²) in [6.45, 7) is 2.85. The van der Waals surface area contributed by atoms with Crippen molar-refractivity contribution < 1.29 is 4.74 Å². The molecule has 1 saturated heterocycles. The van der Waals surface area contributed by atoms with E-state index in [1.54, 1.807) is 0 Å². The molecule has 0 amide bonds. The molecule has 1 aliphatic heterocycles. The van der Waals surface area contributed by atoms with Crippen molar-refractivity contribution in [1.29, 1.82) is 0 Å². The van der Waals surface area contributed by atoms with Crippen LogP contribution in [0.4, 0.5) is 0 Å². The second-order valence-corrected chi connectivity index (χ2v) is 8.92. The summed E-state index contributed by atoms with van der Waals surface area (Å²) in [6, 6.07) is 26.1. The number of hydrogen-bond acceptors (Lipinski definition) is 3. The summed E-state index contributed by atoms with van der Waals surface area (Å²) in [4.78, 5) is 1.02. The number of hydrogen-bond donors (Lipinski definition) is 2. The van der Waals surface area contributed by atoms with Crippen LogP contribution in [0.3, 0.4) is 0 Å². The highest BCUT2D eigenvalue weighted by atomic mass is 32.1. The van der Waals surface area contributed by atoms with Gasteiger partial charge in [0.05, 0.1) is 6.10 Å². The average molecular weight is 418 g/mol. The molecule has 1 heterocycles. The van der Waals surface area contributed by atoms with Gasteiger partial charge in [0.2, 0.25) is 0 Å². The van der Waals surface area contributed by atoms with E-state index in [2.05, 4.69) is 68.1 Å². The van der Waals surface area contributed by atoms with Crippen LogP contribution < -0.4 is 5.73 Å². The molecule has 30 heavy (non-hydrogen) atoms. The molecule has 3 aromatic carbocycles. The van der Waals surface area contributed by atoms with Gasteiger partial charge in [0.25, 0.3) is 0 Å². The highest BCUT2D eigenvalue weighted by Crippen LogP contribution is 2.39. The standard InChI is InChI=1S/C20H23NO.C7H8S/c21-16-11-12-22-19(13-16)20-17-7-3-1-5-14(17)9-10-15-6-2-4-8-18(15)20;1-6-2-4-7(8)5-3-6/h1-8,16,19-20H,9-13,21H2;2-5,8H,1H3. The Morgan fingerprint density at radius 3 is 1.93 bits per heavy atom. The molecule has 5 rings (SSSR count). The second-order valence-electron chi connectivity index (χ2n) is 8.40. The summed E-state index contributed by atoms with van der Waals surface area (Å²) in [5.74, 6) is 0.321. The molecule has 156 valence electrons. The van der Waals surface area contributed by atoms with Gasteiger partial charge in [0, 0.05) is 23.5 Å². The number of fused-ring (bicyclic) bond motifs is 2. The predicted molar refractivity (Wildman–Crippen MR) is 128 cm³/mol. The normalized spacial score (nSPS) is 20.9. The lowest BCUT2D eigenvalue weighted by molar-refractivity contribution is -0.00150. The summed E-state index contributed by atoms with van der Waals surface area (Å²) in [6.07, 6.45) is 4.36. The molecular formula is C27H31NOS. The van der Waals surface area contributed by atoms with Crippen LogP contribution in [-0.4, -0.2) is 18.8 Å². The largest absolute Gasteiger partial charge is 0.377 e. The number of thiol groups is 1. The molecule has 0 radical (unpaired) electrons. The summed E-state index contributed by atoms with van der Waals surface area (Å²) in [5, 5.41) is 0. The molecule has 2 N–H and O–H groups in total. The van der Waals surface area contributed by atoms with E-state index in [0.717, 1.165) is 37.2 Å². The van der Waals surface area contributed by atoms with Crippen molar-refractivity contribution in [2.75, 3.05) is 6.61 Å². The monoisotopic (exact) mass is 417 g/mol. The number of benzene rings is 3. The third-order valence-corrected chi connectivity index (χ3v) is 6.50. The van der Waals surface area contributed by atoms with E-state index in [1.165, 1.54) is 27.8 Å². The van der Waals surface area contributed by atoms with E-state index in [1.807, 2.05) is 24.3 Å². The fourth-order valence-electron chi connectivity index (χ4n) is 4.60. The second kappa shape index (κ2) is 9.82. The SMILES string of the molecule is Cc1ccc(S)cc1.NC1CCOC(C2c3ccccc3CCc3ccccc32)C1. The summed E-state index contributed by atoms with van der Waals surface area (Å²) >= 11 is 4.13. The Morgan fingerprint density at radius 1 is 0.833 bits per heavy atom. The van der Waals surface area contributed by atoms with Gasteiger partial charge < -0.3 is 10.5 Å². The highest BCUT2D eigenvalue weighted by Gasteiger charge is 2.33. The van der Waals surface area contributed by atoms with E-state index in [9.17, 15) is 0 Å². The zero-order valence-corrected chi connectivity index (χ0v) is 18.5. The molecule has 0 aromatic heterocycles. The zero-order chi connectivity index (χ0) is 20.9. The number of ether oxygens (including phenoxy) is 1. The third kappa shape index (κ3) is 4.97. The minimum absolute atomic E-state index is 0.198. The smallest absolute Gasteiger partial charge is 0.0699 e. The molecule has 2 aliphatic rings. The minimum Gasteiger partial charge on any atom is -0.377 e. The highest BCUT2D eigenvalue weighted by molar-refractivity contribution is 7.80. The predicted octanol–water partition coefficient (Wildman–Crippen LogP) is 5.71. The van der Waals surface area contributed by atoms with Crippen molar-refractivity contribution in [1.82, 2.24) is 0 Å². The van der Waals surface area contributed by atoms with Gasteiger partial charge in [-0.15, -0.1) is 12.6 Å². The summed E-state index contributed by atoms with van der Waals surface area (Å²) in [5.41, 5.74) is 13.3. The molecule has 1 fully saturated rings. The molecule has 0 bridgehead atoms. The van der Waals surface area contributed by atoms with E-state index in [-0.39, 0.29) is 12.1 Å². The average Bonchev–Trinajstić information content (AvgIpc) is 2.93. The van der Waals surface area contributed by atoms with Gasteiger partial charge in [-0.05, 0) is 67.0 Å². The minimum atomic E-state index is 0.198. The molecule has 3 heteroatoms. The van der Waals surface area contributed by atoms with E-state index < -0.39 is 0 Å². The fourth-order valence-corrected chi connectivity index (χ4v) is 4.75. The lowest BCUT2D eigenvalue weighted by Gasteiger charge is -2.34. The Labute approximate surface area is 185 Å². The topological polar surface area (TPSA) is 35.2 Å². The van der Waals surface area contributed by atoms with Gasteiger partial charge >= 0.3 is 0 Å². The zero-order valence-electron chi connectivity index (χ0n) is 17.6. The van der Waals surface area contributed by atoms with Gasteiger partial charge in [-0.3, -0.25) is 0 Å². The first-order valence-corrected chi connectivity index (χ1v) is 11.3. The van der Waals surface area contributed by atoms with E-state index in [0.29, 0.717) is 5.92 Å².